The maximum Gasteiger partial charge on any atom is 0.256 e. The van der Waals surface area contributed by atoms with Crippen LogP contribution < -0.4 is 17.0 Å². The smallest absolute Gasteiger partial charge is 0.256 e. The standard InChI is InChI=1S/C21H22N4O/c1-2-13-12-25-21(26)20-18(13)9-15(4-3-7-22)17-6-5-14(8-19(17)20)16(10-23)11-24/h2,5-6,8-12,23H,1,3-4,7,22,24H2,(H,25,26)/b16-11+,23-10?. The molecule has 0 amide bonds. The van der Waals surface area contributed by atoms with E-state index in [0.717, 1.165) is 45.7 Å². The molecule has 0 aliphatic rings. The molecule has 0 aliphatic carbocycles. The highest BCUT2D eigenvalue weighted by atomic mass is 16.1. The van der Waals surface area contributed by atoms with Crippen LogP contribution in [0.3, 0.4) is 0 Å². The normalized spacial score (nSPS) is 11.8. The third-order valence-electron chi connectivity index (χ3n) is 4.66. The zero-order valence-corrected chi connectivity index (χ0v) is 14.5. The van der Waals surface area contributed by atoms with Gasteiger partial charge in [0, 0.05) is 24.2 Å². The number of aromatic amines is 1. The molecule has 0 aliphatic heterocycles. The average Bonchev–Trinajstić information content (AvgIpc) is 2.67. The quantitative estimate of drug-likeness (QED) is 0.406. The number of hydrogen-bond acceptors (Lipinski definition) is 4. The van der Waals surface area contributed by atoms with E-state index in [0.29, 0.717) is 17.5 Å². The topological polar surface area (TPSA) is 109 Å². The van der Waals surface area contributed by atoms with Crippen molar-refractivity contribution in [1.82, 2.24) is 4.98 Å². The minimum atomic E-state index is -0.147. The second-order valence-electron chi connectivity index (χ2n) is 6.15. The molecule has 0 saturated heterocycles. The molecule has 3 aromatic rings. The number of nitrogens with two attached hydrogens (primary N) is 2. The zero-order chi connectivity index (χ0) is 18.7. The van der Waals surface area contributed by atoms with Crippen LogP contribution in [0.2, 0.25) is 0 Å². The van der Waals surface area contributed by atoms with Crippen molar-refractivity contribution in [3.05, 3.63) is 70.3 Å². The Hall–Kier alpha value is -3.18. The first-order valence-electron chi connectivity index (χ1n) is 8.50. The van der Waals surface area contributed by atoms with Crippen molar-refractivity contribution < 1.29 is 0 Å². The molecule has 0 unspecified atom stereocenters. The Labute approximate surface area is 151 Å². The summed E-state index contributed by atoms with van der Waals surface area (Å²) in [7, 11) is 0. The Morgan fingerprint density at radius 3 is 2.69 bits per heavy atom. The number of pyridine rings is 1. The number of rotatable bonds is 6. The van der Waals surface area contributed by atoms with E-state index in [1.54, 1.807) is 12.3 Å². The van der Waals surface area contributed by atoms with Crippen LogP contribution >= 0.6 is 0 Å². The summed E-state index contributed by atoms with van der Waals surface area (Å²) in [5, 5.41) is 10.9. The molecular weight excluding hydrogens is 324 g/mol. The van der Waals surface area contributed by atoms with Gasteiger partial charge in [0.25, 0.3) is 5.56 Å². The van der Waals surface area contributed by atoms with Crippen molar-refractivity contribution in [3.8, 4) is 0 Å². The Bertz CT molecular complexity index is 1090. The first-order valence-corrected chi connectivity index (χ1v) is 8.50. The molecule has 3 rings (SSSR count). The van der Waals surface area contributed by atoms with Crippen LogP contribution in [-0.4, -0.2) is 17.7 Å². The molecule has 26 heavy (non-hydrogen) atoms. The third-order valence-corrected chi connectivity index (χ3v) is 4.66. The lowest BCUT2D eigenvalue weighted by atomic mass is 9.91. The van der Waals surface area contributed by atoms with Crippen molar-refractivity contribution >= 4 is 39.4 Å². The summed E-state index contributed by atoms with van der Waals surface area (Å²) < 4.78 is 0. The fourth-order valence-electron chi connectivity index (χ4n) is 3.34. The number of hydrogen-bond donors (Lipinski definition) is 4. The van der Waals surface area contributed by atoms with E-state index in [-0.39, 0.29) is 5.56 Å². The van der Waals surface area contributed by atoms with Crippen LogP contribution in [0.4, 0.5) is 0 Å². The summed E-state index contributed by atoms with van der Waals surface area (Å²) in [5.74, 6) is 0. The first kappa shape index (κ1) is 17.6. The summed E-state index contributed by atoms with van der Waals surface area (Å²) in [6.45, 7) is 4.46. The molecule has 0 saturated carbocycles. The monoisotopic (exact) mass is 346 g/mol. The van der Waals surface area contributed by atoms with Crippen molar-refractivity contribution in [2.75, 3.05) is 6.54 Å². The van der Waals surface area contributed by atoms with E-state index < -0.39 is 0 Å². The van der Waals surface area contributed by atoms with E-state index in [2.05, 4.69) is 17.6 Å². The molecule has 5 nitrogen and oxygen atoms in total. The van der Waals surface area contributed by atoms with Crippen molar-refractivity contribution in [3.63, 3.8) is 0 Å². The van der Waals surface area contributed by atoms with Gasteiger partial charge in [-0.05, 0) is 64.4 Å². The minimum absolute atomic E-state index is 0.147. The number of allylic oxidation sites excluding steroid dienone is 1. The van der Waals surface area contributed by atoms with Gasteiger partial charge in [0.05, 0.1) is 5.39 Å². The molecule has 0 atom stereocenters. The SMILES string of the molecule is C=Cc1c[nH]c(=O)c2c1cc(CCCN)c1ccc(/C(C=N)=C/N)cc12. The lowest BCUT2D eigenvalue weighted by molar-refractivity contribution is 0.838. The molecule has 1 heterocycles. The molecule has 0 radical (unpaired) electrons. The second-order valence-corrected chi connectivity index (χ2v) is 6.15. The van der Waals surface area contributed by atoms with Gasteiger partial charge in [-0.2, -0.15) is 0 Å². The Morgan fingerprint density at radius 1 is 1.23 bits per heavy atom. The van der Waals surface area contributed by atoms with Crippen molar-refractivity contribution in [1.29, 1.82) is 5.41 Å². The van der Waals surface area contributed by atoms with E-state index >= 15 is 0 Å². The van der Waals surface area contributed by atoms with Gasteiger partial charge in [-0.25, -0.2) is 0 Å². The maximum absolute atomic E-state index is 12.6. The summed E-state index contributed by atoms with van der Waals surface area (Å²) in [6.07, 6.45) is 7.72. The molecule has 5 heteroatoms. The summed E-state index contributed by atoms with van der Waals surface area (Å²) in [6, 6.07) is 7.91. The Morgan fingerprint density at radius 2 is 2.04 bits per heavy atom. The van der Waals surface area contributed by atoms with Crippen LogP contribution in [0.5, 0.6) is 0 Å². The number of aryl methyl sites for hydroxylation is 1. The molecule has 6 N–H and O–H groups in total. The lowest BCUT2D eigenvalue weighted by Crippen LogP contribution is -2.08. The van der Waals surface area contributed by atoms with E-state index in [1.165, 1.54) is 12.4 Å². The van der Waals surface area contributed by atoms with Crippen LogP contribution in [0.1, 0.15) is 23.1 Å². The van der Waals surface area contributed by atoms with Crippen LogP contribution in [0.25, 0.3) is 33.2 Å². The van der Waals surface area contributed by atoms with E-state index in [4.69, 9.17) is 16.9 Å². The van der Waals surface area contributed by atoms with Crippen molar-refractivity contribution in [2.24, 2.45) is 11.5 Å². The number of benzene rings is 2. The summed E-state index contributed by atoms with van der Waals surface area (Å²) in [5.41, 5.74) is 14.6. The van der Waals surface area contributed by atoms with Gasteiger partial charge in [-0.15, -0.1) is 0 Å². The Balaban J connectivity index is 2.47. The van der Waals surface area contributed by atoms with Crippen LogP contribution in [0.15, 0.2) is 48.0 Å². The number of H-pyrrole nitrogens is 1. The number of nitrogens with one attached hydrogen (secondary N) is 2. The average molecular weight is 346 g/mol. The summed E-state index contributed by atoms with van der Waals surface area (Å²) in [4.78, 5) is 15.4. The van der Waals surface area contributed by atoms with Gasteiger partial charge in [-0.3, -0.25) is 4.79 Å². The predicted octanol–water partition coefficient (Wildman–Crippen LogP) is 3.16. The molecular formula is C21H22N4O. The number of fused-ring (bicyclic) bond motifs is 3. The first-order chi connectivity index (χ1) is 12.6. The maximum atomic E-state index is 12.6. The molecule has 0 bridgehead atoms. The van der Waals surface area contributed by atoms with Gasteiger partial charge in [0.15, 0.2) is 0 Å². The van der Waals surface area contributed by atoms with E-state index in [9.17, 15) is 4.79 Å². The molecule has 0 spiro atoms. The second kappa shape index (κ2) is 7.37. The van der Waals surface area contributed by atoms with Gasteiger partial charge in [0.1, 0.15) is 0 Å². The minimum Gasteiger partial charge on any atom is -0.404 e. The number of aromatic nitrogens is 1. The van der Waals surface area contributed by atoms with Gasteiger partial charge < -0.3 is 21.9 Å². The van der Waals surface area contributed by atoms with Crippen LogP contribution in [-0.2, 0) is 6.42 Å². The van der Waals surface area contributed by atoms with Gasteiger partial charge in [-0.1, -0.05) is 24.8 Å². The van der Waals surface area contributed by atoms with Crippen LogP contribution in [0, 0.1) is 5.41 Å². The Kier molecular flexibility index (Phi) is 5.00. The highest BCUT2D eigenvalue weighted by Gasteiger charge is 2.13. The highest BCUT2D eigenvalue weighted by Crippen LogP contribution is 2.31. The zero-order valence-electron chi connectivity index (χ0n) is 14.5. The van der Waals surface area contributed by atoms with Gasteiger partial charge >= 0.3 is 0 Å². The molecule has 1 aromatic heterocycles. The fraction of sp³-hybridized carbons (Fsp3) is 0.143. The van der Waals surface area contributed by atoms with Crippen molar-refractivity contribution in [2.45, 2.75) is 12.8 Å². The predicted molar refractivity (Wildman–Crippen MR) is 110 cm³/mol. The van der Waals surface area contributed by atoms with E-state index in [1.807, 2.05) is 18.2 Å². The largest absolute Gasteiger partial charge is 0.404 e. The molecule has 132 valence electrons. The molecule has 0 fully saturated rings. The third kappa shape index (κ3) is 2.93. The highest BCUT2D eigenvalue weighted by molar-refractivity contribution is 6.14. The van der Waals surface area contributed by atoms with Gasteiger partial charge in [0.2, 0.25) is 0 Å². The molecule has 2 aromatic carbocycles. The lowest BCUT2D eigenvalue weighted by Gasteiger charge is -2.13. The fourth-order valence-corrected chi connectivity index (χ4v) is 3.34. The summed E-state index contributed by atoms with van der Waals surface area (Å²) >= 11 is 0.